The Labute approximate surface area is 177 Å². The van der Waals surface area contributed by atoms with Crippen molar-refractivity contribution in [3.63, 3.8) is 0 Å². The number of benzene rings is 3. The maximum atomic E-state index is 13.6. The topological polar surface area (TPSA) is 25.2 Å². The number of hydrogen-bond acceptors (Lipinski definition) is 1. The Morgan fingerprint density at radius 3 is 2.23 bits per heavy atom. The first-order valence-corrected chi connectivity index (χ1v) is 10.4. The van der Waals surface area contributed by atoms with Crippen LogP contribution >= 0.6 is 0 Å². The first-order chi connectivity index (χ1) is 14.7. The summed E-state index contributed by atoms with van der Waals surface area (Å²) in [6.07, 6.45) is 2.11. The molecule has 0 fully saturated rings. The monoisotopic (exact) mass is 392 g/mol. The Bertz CT molecular complexity index is 1170. The smallest absolute Gasteiger partial charge is 0.254 e. The van der Waals surface area contributed by atoms with Gasteiger partial charge in [0.1, 0.15) is 0 Å². The molecule has 3 nitrogen and oxygen atoms in total. The zero-order valence-corrected chi connectivity index (χ0v) is 17.0. The molecule has 1 amide bonds. The molecule has 0 saturated heterocycles. The van der Waals surface area contributed by atoms with E-state index in [2.05, 4.69) is 66.2 Å². The van der Waals surface area contributed by atoms with Crippen LogP contribution in [0.1, 0.15) is 33.2 Å². The second kappa shape index (κ2) is 7.68. The summed E-state index contributed by atoms with van der Waals surface area (Å²) in [6.45, 7) is 3.63. The van der Waals surface area contributed by atoms with Gasteiger partial charge in [0.05, 0.1) is 6.04 Å². The van der Waals surface area contributed by atoms with Crippen molar-refractivity contribution in [2.75, 3.05) is 6.54 Å². The molecule has 30 heavy (non-hydrogen) atoms. The van der Waals surface area contributed by atoms with Gasteiger partial charge in [0.2, 0.25) is 0 Å². The van der Waals surface area contributed by atoms with Crippen LogP contribution in [0, 0.1) is 6.92 Å². The summed E-state index contributed by atoms with van der Waals surface area (Å²) in [5.41, 5.74) is 6.57. The normalized spacial score (nSPS) is 15.6. The highest BCUT2D eigenvalue weighted by Gasteiger charge is 2.33. The molecular formula is C27H24N2O. The summed E-state index contributed by atoms with van der Waals surface area (Å²) in [6, 6.07) is 30.7. The molecular weight excluding hydrogens is 368 g/mol. The van der Waals surface area contributed by atoms with Crippen LogP contribution < -0.4 is 0 Å². The van der Waals surface area contributed by atoms with Gasteiger partial charge in [0.25, 0.3) is 5.91 Å². The first-order valence-electron chi connectivity index (χ1n) is 10.4. The van der Waals surface area contributed by atoms with E-state index in [1.807, 2.05) is 47.4 Å². The third-order valence-electron chi connectivity index (χ3n) is 6.02. The molecule has 1 atom stereocenters. The minimum absolute atomic E-state index is 0.0729. The quantitative estimate of drug-likeness (QED) is 0.438. The summed E-state index contributed by atoms with van der Waals surface area (Å²) >= 11 is 0. The van der Waals surface area contributed by atoms with E-state index < -0.39 is 0 Å². The minimum atomic E-state index is -0.0729. The van der Waals surface area contributed by atoms with Gasteiger partial charge in [-0.2, -0.15) is 0 Å². The molecule has 5 rings (SSSR count). The van der Waals surface area contributed by atoms with Gasteiger partial charge in [-0.15, -0.1) is 0 Å². The maximum Gasteiger partial charge on any atom is 0.254 e. The lowest BCUT2D eigenvalue weighted by atomic mass is 9.95. The molecule has 3 aromatic carbocycles. The lowest BCUT2D eigenvalue weighted by molar-refractivity contribution is 0.0663. The van der Waals surface area contributed by atoms with Crippen LogP contribution in [0.2, 0.25) is 0 Å². The van der Waals surface area contributed by atoms with Crippen molar-refractivity contribution in [3.8, 4) is 11.1 Å². The fourth-order valence-electron chi connectivity index (χ4n) is 4.42. The van der Waals surface area contributed by atoms with Gasteiger partial charge in [-0.3, -0.25) is 4.79 Å². The molecule has 0 spiro atoms. The summed E-state index contributed by atoms with van der Waals surface area (Å²) in [5, 5.41) is 0. The first kappa shape index (κ1) is 18.4. The average molecular weight is 393 g/mol. The van der Waals surface area contributed by atoms with Crippen molar-refractivity contribution in [3.05, 3.63) is 120 Å². The van der Waals surface area contributed by atoms with Crippen LogP contribution in [0.15, 0.2) is 97.2 Å². The Kier molecular flexibility index (Phi) is 4.72. The molecule has 0 radical (unpaired) electrons. The van der Waals surface area contributed by atoms with E-state index in [0.29, 0.717) is 6.54 Å². The molecule has 1 aliphatic rings. The maximum absolute atomic E-state index is 13.6. The number of carbonyl (C=O) groups excluding carboxylic acids is 1. The average Bonchev–Trinajstić information content (AvgIpc) is 3.28. The number of hydrogen-bond donors (Lipinski definition) is 0. The molecule has 4 aromatic rings. The second-order valence-electron chi connectivity index (χ2n) is 7.83. The summed E-state index contributed by atoms with van der Waals surface area (Å²) < 4.78 is 2.26. The molecule has 2 heterocycles. The summed E-state index contributed by atoms with van der Waals surface area (Å²) in [5.74, 6) is 0.0790. The van der Waals surface area contributed by atoms with Gasteiger partial charge in [-0.25, -0.2) is 0 Å². The Morgan fingerprint density at radius 2 is 1.47 bits per heavy atom. The van der Waals surface area contributed by atoms with Crippen LogP contribution in [-0.4, -0.2) is 21.9 Å². The number of amides is 1. The van der Waals surface area contributed by atoms with Crippen LogP contribution in [0.3, 0.4) is 0 Å². The number of nitrogens with zero attached hydrogens (tertiary/aromatic N) is 2. The molecule has 0 aliphatic carbocycles. The summed E-state index contributed by atoms with van der Waals surface area (Å²) in [7, 11) is 0. The largest absolute Gasteiger partial charge is 0.348 e. The van der Waals surface area contributed by atoms with Gasteiger partial charge in [-0.1, -0.05) is 66.7 Å². The fourth-order valence-corrected chi connectivity index (χ4v) is 4.42. The SMILES string of the molecule is Cc1ccccc1[C@@H]1c2cccn2CCN1C(=O)c1ccc(-c2ccccc2)cc1. The van der Waals surface area contributed by atoms with E-state index in [1.54, 1.807) is 0 Å². The Balaban J connectivity index is 1.51. The summed E-state index contributed by atoms with van der Waals surface area (Å²) in [4.78, 5) is 15.6. The van der Waals surface area contributed by atoms with Crippen molar-refractivity contribution < 1.29 is 4.79 Å². The number of rotatable bonds is 3. The number of carbonyl (C=O) groups is 1. The van der Waals surface area contributed by atoms with Gasteiger partial charge < -0.3 is 9.47 Å². The van der Waals surface area contributed by atoms with E-state index in [4.69, 9.17) is 0 Å². The van der Waals surface area contributed by atoms with E-state index in [9.17, 15) is 4.79 Å². The van der Waals surface area contributed by atoms with Gasteiger partial charge in [0.15, 0.2) is 0 Å². The number of fused-ring (bicyclic) bond motifs is 1. The third-order valence-corrected chi connectivity index (χ3v) is 6.02. The molecule has 0 bridgehead atoms. The lowest BCUT2D eigenvalue weighted by Crippen LogP contribution is -2.42. The van der Waals surface area contributed by atoms with E-state index in [1.165, 1.54) is 16.8 Å². The van der Waals surface area contributed by atoms with Gasteiger partial charge in [0, 0.05) is 30.5 Å². The standard InChI is InChI=1S/C27H24N2O/c1-20-8-5-6-11-24(20)26-25-12-7-17-28(25)18-19-29(26)27(30)23-15-13-22(14-16-23)21-9-3-2-4-10-21/h2-17,26H,18-19H2,1H3/t26-/m1/s1. The molecule has 0 saturated carbocycles. The number of aryl methyl sites for hydroxylation is 1. The molecule has 3 heteroatoms. The second-order valence-corrected chi connectivity index (χ2v) is 7.83. The zero-order valence-electron chi connectivity index (χ0n) is 17.0. The highest BCUT2D eigenvalue weighted by molar-refractivity contribution is 5.95. The van der Waals surface area contributed by atoms with Gasteiger partial charge >= 0.3 is 0 Å². The molecule has 1 aliphatic heterocycles. The highest BCUT2D eigenvalue weighted by Crippen LogP contribution is 2.35. The zero-order chi connectivity index (χ0) is 20.5. The van der Waals surface area contributed by atoms with Crippen molar-refractivity contribution >= 4 is 5.91 Å². The van der Waals surface area contributed by atoms with Crippen LogP contribution in [0.4, 0.5) is 0 Å². The van der Waals surface area contributed by atoms with Crippen LogP contribution in [-0.2, 0) is 6.54 Å². The number of aromatic nitrogens is 1. The molecule has 0 unspecified atom stereocenters. The van der Waals surface area contributed by atoms with Gasteiger partial charge in [-0.05, 0) is 53.4 Å². The van der Waals surface area contributed by atoms with E-state index in [0.717, 1.165) is 23.2 Å². The van der Waals surface area contributed by atoms with Crippen molar-refractivity contribution in [1.82, 2.24) is 9.47 Å². The predicted molar refractivity (Wildman–Crippen MR) is 120 cm³/mol. The Morgan fingerprint density at radius 1 is 0.767 bits per heavy atom. The van der Waals surface area contributed by atoms with Crippen LogP contribution in [0.5, 0.6) is 0 Å². The van der Waals surface area contributed by atoms with Crippen LogP contribution in [0.25, 0.3) is 11.1 Å². The fraction of sp³-hybridized carbons (Fsp3) is 0.148. The minimum Gasteiger partial charge on any atom is -0.348 e. The van der Waals surface area contributed by atoms with Crippen molar-refractivity contribution in [1.29, 1.82) is 0 Å². The van der Waals surface area contributed by atoms with Crippen molar-refractivity contribution in [2.45, 2.75) is 19.5 Å². The third kappa shape index (κ3) is 3.22. The highest BCUT2D eigenvalue weighted by atomic mass is 16.2. The van der Waals surface area contributed by atoms with Crippen molar-refractivity contribution in [2.24, 2.45) is 0 Å². The van der Waals surface area contributed by atoms with E-state index >= 15 is 0 Å². The molecule has 1 aromatic heterocycles. The predicted octanol–water partition coefficient (Wildman–Crippen LogP) is 5.71. The molecule has 148 valence electrons. The Hall–Kier alpha value is -3.59. The lowest BCUT2D eigenvalue weighted by Gasteiger charge is -2.38. The molecule has 0 N–H and O–H groups in total. The van der Waals surface area contributed by atoms with E-state index in [-0.39, 0.29) is 11.9 Å².